The Hall–Kier alpha value is 2.16. The first-order chi connectivity index (χ1) is 4.41. The molecule has 0 radical (unpaired) electrons. The van der Waals surface area contributed by atoms with E-state index in [2.05, 4.69) is 89.2 Å². The third-order valence-corrected chi connectivity index (χ3v) is 3.98. The minimum absolute atomic E-state index is 0.160. The summed E-state index contributed by atoms with van der Waals surface area (Å²) in [7, 11) is 0. The van der Waals surface area contributed by atoms with Crippen molar-refractivity contribution in [2.24, 2.45) is 0 Å². The molecule has 0 aliphatic heterocycles. The molecule has 0 nitrogen and oxygen atoms in total. The molecule has 1 aliphatic rings. The molecule has 0 aromatic carbocycles. The van der Waals surface area contributed by atoms with Crippen LogP contribution in [0.3, 0.4) is 0 Å². The Labute approximate surface area is 105 Å². The number of alkyl halides is 4. The highest BCUT2D eigenvalue weighted by Crippen LogP contribution is 2.49. The van der Waals surface area contributed by atoms with Gasteiger partial charge in [-0.25, -0.2) is 0 Å². The fourth-order valence-electron chi connectivity index (χ4n) is 0.880. The van der Waals surface area contributed by atoms with Crippen LogP contribution in [0.1, 0.15) is 12.8 Å². The first kappa shape index (κ1) is 10.2. The van der Waals surface area contributed by atoms with Crippen molar-refractivity contribution in [2.45, 2.75) is 17.5 Å². The average Bonchev–Trinajstić information content (AvgIpc) is 1.56. The van der Waals surface area contributed by atoms with Gasteiger partial charge in [0.15, 0.2) is 0 Å². The van der Waals surface area contributed by atoms with E-state index in [1.165, 1.54) is 0 Å². The summed E-state index contributed by atoms with van der Waals surface area (Å²) in [6.45, 7) is 0. The van der Waals surface area contributed by atoms with E-state index in [1.54, 1.807) is 0 Å². The van der Waals surface area contributed by atoms with Gasteiger partial charge in [0.05, 0.1) is 4.66 Å². The summed E-state index contributed by atoms with van der Waals surface area (Å²) in [5, 5.41) is 0. The maximum absolute atomic E-state index is 3.67. The molecule has 1 rings (SSSR count). The van der Waals surface area contributed by atoms with E-state index in [9.17, 15) is 0 Å². The van der Waals surface area contributed by atoms with E-state index in [-0.39, 0.29) is 4.66 Å². The summed E-state index contributed by atoms with van der Waals surface area (Å²) in [6, 6.07) is 0. The Kier molecular flexibility index (Phi) is 3.58. The lowest BCUT2D eigenvalue weighted by molar-refractivity contribution is 0.744. The molecule has 2 unspecified atom stereocenters. The van der Waals surface area contributed by atoms with Gasteiger partial charge in [-0.2, -0.15) is 0 Å². The molecular formula is C6H6Br2I2. The molecule has 4 heteroatoms. The lowest BCUT2D eigenvalue weighted by atomic mass is 10.1. The van der Waals surface area contributed by atoms with Crippen LogP contribution in [-0.2, 0) is 0 Å². The molecule has 10 heavy (non-hydrogen) atoms. The van der Waals surface area contributed by atoms with Crippen LogP contribution in [0.5, 0.6) is 0 Å². The smallest absolute Gasteiger partial charge is 0.0842 e. The number of halogens is 4. The molecule has 2 atom stereocenters. The van der Waals surface area contributed by atoms with Gasteiger partial charge in [0.2, 0.25) is 0 Å². The standard InChI is InChI=1S/C6H6Br2I2/c7-5(9)2-1-3-6(8,10)4-5/h1-2H,3-4H2. The summed E-state index contributed by atoms with van der Waals surface area (Å²) in [5.41, 5.74) is 0. The Morgan fingerprint density at radius 3 is 2.20 bits per heavy atom. The van der Waals surface area contributed by atoms with E-state index in [0.29, 0.717) is 0 Å². The first-order valence-electron chi connectivity index (χ1n) is 2.85. The summed E-state index contributed by atoms with van der Waals surface area (Å²) in [4.78, 5) is 0. The van der Waals surface area contributed by atoms with Gasteiger partial charge in [0, 0.05) is 0 Å². The molecule has 0 bridgehead atoms. The van der Waals surface area contributed by atoms with Crippen molar-refractivity contribution in [1.29, 1.82) is 0 Å². The first-order valence-corrected chi connectivity index (χ1v) is 6.59. The van der Waals surface area contributed by atoms with Crippen molar-refractivity contribution in [3.8, 4) is 0 Å². The Balaban J connectivity index is 2.73. The van der Waals surface area contributed by atoms with Gasteiger partial charge in [0.25, 0.3) is 0 Å². The molecule has 0 saturated heterocycles. The van der Waals surface area contributed by atoms with Crippen LogP contribution in [-0.4, -0.2) is 4.66 Å². The van der Waals surface area contributed by atoms with Gasteiger partial charge in [-0.05, 0) is 12.8 Å². The van der Waals surface area contributed by atoms with Crippen LogP contribution in [0.2, 0.25) is 0 Å². The maximum atomic E-state index is 3.67. The lowest BCUT2D eigenvalue weighted by Crippen LogP contribution is -2.24. The Morgan fingerprint density at radius 2 is 1.90 bits per heavy atom. The molecule has 0 fully saturated rings. The fraction of sp³-hybridized carbons (Fsp3) is 0.667. The van der Waals surface area contributed by atoms with Crippen LogP contribution in [0.15, 0.2) is 12.2 Å². The van der Waals surface area contributed by atoms with Gasteiger partial charge < -0.3 is 0 Å². The van der Waals surface area contributed by atoms with E-state index in [1.807, 2.05) is 0 Å². The predicted molar refractivity (Wildman–Crippen MR) is 69.7 cm³/mol. The molecule has 0 saturated carbocycles. The number of rotatable bonds is 0. The van der Waals surface area contributed by atoms with Crippen LogP contribution in [0.4, 0.5) is 0 Å². The van der Waals surface area contributed by atoms with Gasteiger partial charge >= 0.3 is 0 Å². The second-order valence-corrected chi connectivity index (χ2v) is 12.3. The van der Waals surface area contributed by atoms with Crippen molar-refractivity contribution >= 4 is 77.0 Å². The van der Waals surface area contributed by atoms with Crippen molar-refractivity contribution in [3.05, 3.63) is 12.2 Å². The molecule has 0 aromatic heterocycles. The molecular weight excluding hydrogens is 486 g/mol. The van der Waals surface area contributed by atoms with Crippen molar-refractivity contribution in [2.75, 3.05) is 0 Å². The van der Waals surface area contributed by atoms with E-state index in [4.69, 9.17) is 0 Å². The normalized spacial score (nSPS) is 47.6. The largest absolute Gasteiger partial charge is 0.0969 e. The van der Waals surface area contributed by atoms with E-state index >= 15 is 0 Å². The second kappa shape index (κ2) is 3.49. The zero-order valence-corrected chi connectivity index (χ0v) is 12.6. The number of hydrogen-bond acceptors (Lipinski definition) is 0. The molecule has 0 amide bonds. The van der Waals surface area contributed by atoms with E-state index in [0.717, 1.165) is 12.8 Å². The summed E-state index contributed by atoms with van der Waals surface area (Å²) < 4.78 is 0.415. The highest BCUT2D eigenvalue weighted by Gasteiger charge is 2.35. The second-order valence-electron chi connectivity index (χ2n) is 2.40. The van der Waals surface area contributed by atoms with Gasteiger partial charge in [0.1, 0.15) is 0 Å². The van der Waals surface area contributed by atoms with Gasteiger partial charge in [-0.3, -0.25) is 0 Å². The zero-order valence-electron chi connectivity index (χ0n) is 5.08. The average molecular weight is 492 g/mol. The Bertz CT molecular complexity index is 163. The minimum atomic E-state index is 0.160. The molecule has 58 valence electrons. The highest BCUT2D eigenvalue weighted by molar-refractivity contribution is 14.1. The van der Waals surface area contributed by atoms with Crippen LogP contribution in [0, 0.1) is 0 Å². The van der Waals surface area contributed by atoms with Crippen molar-refractivity contribution < 1.29 is 0 Å². The SMILES string of the molecule is BrC1(I)C=CCC(Br)(I)C1. The fourth-order valence-corrected chi connectivity index (χ4v) is 6.09. The van der Waals surface area contributed by atoms with Gasteiger partial charge in [-0.1, -0.05) is 89.2 Å². The third-order valence-electron chi connectivity index (χ3n) is 1.27. The zero-order chi connectivity index (χ0) is 7.83. The minimum Gasteiger partial charge on any atom is -0.0842 e. The number of hydrogen-bond donors (Lipinski definition) is 0. The van der Waals surface area contributed by atoms with Crippen molar-refractivity contribution in [3.63, 3.8) is 0 Å². The molecule has 0 N–H and O–H groups in total. The third kappa shape index (κ3) is 3.26. The van der Waals surface area contributed by atoms with Crippen LogP contribution >= 0.6 is 77.0 Å². The number of allylic oxidation sites excluding steroid dienone is 2. The highest BCUT2D eigenvalue weighted by atomic mass is 127. The molecule has 0 heterocycles. The van der Waals surface area contributed by atoms with Crippen molar-refractivity contribution in [1.82, 2.24) is 0 Å². The molecule has 0 aromatic rings. The summed E-state index contributed by atoms with van der Waals surface area (Å²) in [6.07, 6.45) is 6.67. The van der Waals surface area contributed by atoms with Crippen LogP contribution < -0.4 is 0 Å². The van der Waals surface area contributed by atoms with E-state index < -0.39 is 0 Å². The topological polar surface area (TPSA) is 0 Å². The predicted octanol–water partition coefficient (Wildman–Crippen LogP) is 4.39. The van der Waals surface area contributed by atoms with Gasteiger partial charge in [-0.15, -0.1) is 0 Å². The summed E-state index contributed by atoms with van der Waals surface area (Å²) >= 11 is 12.2. The monoisotopic (exact) mass is 490 g/mol. The molecule has 1 aliphatic carbocycles. The van der Waals surface area contributed by atoms with Crippen LogP contribution in [0.25, 0.3) is 0 Å². The lowest BCUT2D eigenvalue weighted by Gasteiger charge is -2.30. The summed E-state index contributed by atoms with van der Waals surface area (Å²) in [5.74, 6) is 0. The Morgan fingerprint density at radius 1 is 1.30 bits per heavy atom. The maximum Gasteiger partial charge on any atom is 0.0969 e. The quantitative estimate of drug-likeness (QED) is 0.268. The molecule has 0 spiro atoms.